The number of rotatable bonds is 7. The van der Waals surface area contributed by atoms with Gasteiger partial charge < -0.3 is 20.5 Å². The summed E-state index contributed by atoms with van der Waals surface area (Å²) in [6.45, 7) is 4.23. The molecule has 1 aromatic rings. The number of amides is 2. The van der Waals surface area contributed by atoms with Gasteiger partial charge in [-0.25, -0.2) is 9.18 Å². The Kier molecular flexibility index (Phi) is 6.79. The molecule has 3 N–H and O–H groups in total. The molecular formula is C14H21FN2O3. The fraction of sp³-hybridized carbons (Fsp3) is 0.500. The van der Waals surface area contributed by atoms with E-state index in [-0.39, 0.29) is 31.0 Å². The van der Waals surface area contributed by atoms with Gasteiger partial charge in [-0.15, -0.1) is 0 Å². The van der Waals surface area contributed by atoms with Crippen LogP contribution in [0, 0.1) is 5.82 Å². The Balaban J connectivity index is 2.45. The molecule has 0 aliphatic rings. The van der Waals surface area contributed by atoms with Gasteiger partial charge in [0.25, 0.3) is 0 Å². The summed E-state index contributed by atoms with van der Waals surface area (Å²) in [6, 6.07) is 4.12. The zero-order valence-electron chi connectivity index (χ0n) is 11.8. The number of aliphatic hydroxyl groups is 1. The van der Waals surface area contributed by atoms with Gasteiger partial charge in [0.05, 0.1) is 6.61 Å². The predicted molar refractivity (Wildman–Crippen MR) is 74.1 cm³/mol. The maximum absolute atomic E-state index is 13.6. The molecule has 0 spiro atoms. The van der Waals surface area contributed by atoms with Gasteiger partial charge in [0.2, 0.25) is 0 Å². The molecular weight excluding hydrogens is 263 g/mol. The van der Waals surface area contributed by atoms with Crippen LogP contribution in [0.3, 0.4) is 0 Å². The first kappa shape index (κ1) is 16.2. The van der Waals surface area contributed by atoms with Gasteiger partial charge in [-0.2, -0.15) is 0 Å². The van der Waals surface area contributed by atoms with Crippen LogP contribution < -0.4 is 15.4 Å². The number of halogens is 1. The summed E-state index contributed by atoms with van der Waals surface area (Å²) in [5.74, 6) is -0.238. The van der Waals surface area contributed by atoms with E-state index in [9.17, 15) is 9.18 Å². The van der Waals surface area contributed by atoms with Gasteiger partial charge in [-0.3, -0.25) is 0 Å². The van der Waals surface area contributed by atoms with Crippen LogP contribution in [0.5, 0.6) is 5.75 Å². The molecule has 2 amide bonds. The van der Waals surface area contributed by atoms with E-state index in [0.717, 1.165) is 0 Å². The standard InChI is InChI=1S/C14H21FN2O3/c1-3-20-13-5-4-11(8-12(13)15)9-16-14(19)17-10(2)6-7-18/h4-5,8,10,18H,3,6-7,9H2,1-2H3,(H2,16,17,19)/t10-/m1/s1. The van der Waals surface area contributed by atoms with Crippen molar-refractivity contribution >= 4 is 6.03 Å². The van der Waals surface area contributed by atoms with Crippen molar-refractivity contribution in [1.29, 1.82) is 0 Å². The molecule has 112 valence electrons. The molecule has 0 radical (unpaired) electrons. The molecule has 1 aromatic carbocycles. The number of urea groups is 1. The highest BCUT2D eigenvalue weighted by Crippen LogP contribution is 2.18. The summed E-state index contributed by atoms with van der Waals surface area (Å²) in [4.78, 5) is 11.5. The Morgan fingerprint density at radius 1 is 1.50 bits per heavy atom. The number of carbonyl (C=O) groups excluding carboxylic acids is 1. The van der Waals surface area contributed by atoms with E-state index in [1.807, 2.05) is 0 Å². The monoisotopic (exact) mass is 284 g/mol. The van der Waals surface area contributed by atoms with Crippen molar-refractivity contribution in [3.8, 4) is 5.75 Å². The second-order valence-corrected chi connectivity index (χ2v) is 4.44. The summed E-state index contributed by atoms with van der Waals surface area (Å²) >= 11 is 0. The molecule has 0 fully saturated rings. The summed E-state index contributed by atoms with van der Waals surface area (Å²) in [5, 5.41) is 14.0. The number of carbonyl (C=O) groups is 1. The van der Waals surface area contributed by atoms with Crippen molar-refractivity contribution in [3.63, 3.8) is 0 Å². The van der Waals surface area contributed by atoms with E-state index in [4.69, 9.17) is 9.84 Å². The summed E-state index contributed by atoms with van der Waals surface area (Å²) < 4.78 is 18.7. The van der Waals surface area contributed by atoms with Crippen molar-refractivity contribution in [2.24, 2.45) is 0 Å². The fourth-order valence-corrected chi connectivity index (χ4v) is 1.65. The number of nitrogens with one attached hydrogen (secondary N) is 2. The molecule has 0 aliphatic carbocycles. The summed E-state index contributed by atoms with van der Waals surface area (Å²) in [7, 11) is 0. The lowest BCUT2D eigenvalue weighted by atomic mass is 10.2. The zero-order valence-corrected chi connectivity index (χ0v) is 11.8. The first-order valence-corrected chi connectivity index (χ1v) is 6.63. The Morgan fingerprint density at radius 2 is 2.25 bits per heavy atom. The molecule has 20 heavy (non-hydrogen) atoms. The maximum atomic E-state index is 13.6. The smallest absolute Gasteiger partial charge is 0.315 e. The van der Waals surface area contributed by atoms with Crippen LogP contribution in [0.1, 0.15) is 25.8 Å². The molecule has 0 saturated carbocycles. The number of hydrogen-bond acceptors (Lipinski definition) is 3. The molecule has 0 aromatic heterocycles. The van der Waals surface area contributed by atoms with E-state index in [0.29, 0.717) is 18.6 Å². The van der Waals surface area contributed by atoms with Crippen LogP contribution in [0.25, 0.3) is 0 Å². The number of benzene rings is 1. The third kappa shape index (κ3) is 5.44. The lowest BCUT2D eigenvalue weighted by Gasteiger charge is -2.13. The quantitative estimate of drug-likeness (QED) is 0.715. The molecule has 0 saturated heterocycles. The molecule has 5 nitrogen and oxygen atoms in total. The minimum absolute atomic E-state index is 0.0194. The summed E-state index contributed by atoms with van der Waals surface area (Å²) in [5.41, 5.74) is 0.649. The second-order valence-electron chi connectivity index (χ2n) is 4.44. The molecule has 0 heterocycles. The van der Waals surface area contributed by atoms with E-state index in [2.05, 4.69) is 10.6 Å². The Labute approximate surface area is 118 Å². The van der Waals surface area contributed by atoms with Crippen LogP contribution in [0.15, 0.2) is 18.2 Å². The van der Waals surface area contributed by atoms with Crippen LogP contribution in [0.2, 0.25) is 0 Å². The van der Waals surface area contributed by atoms with Crippen molar-refractivity contribution in [2.75, 3.05) is 13.2 Å². The SMILES string of the molecule is CCOc1ccc(CNC(=O)N[C@H](C)CCO)cc1F. The average Bonchev–Trinajstić information content (AvgIpc) is 2.39. The van der Waals surface area contributed by atoms with Crippen LogP contribution in [-0.4, -0.2) is 30.4 Å². The topological polar surface area (TPSA) is 70.6 Å². The maximum Gasteiger partial charge on any atom is 0.315 e. The van der Waals surface area contributed by atoms with Gasteiger partial charge in [-0.1, -0.05) is 6.07 Å². The predicted octanol–water partition coefficient (Wildman–Crippen LogP) is 1.79. The molecule has 0 unspecified atom stereocenters. The van der Waals surface area contributed by atoms with Gasteiger partial charge in [0.15, 0.2) is 11.6 Å². The molecule has 0 bridgehead atoms. The minimum atomic E-state index is -0.444. The van der Waals surface area contributed by atoms with E-state index < -0.39 is 5.82 Å². The summed E-state index contributed by atoms with van der Waals surface area (Å²) in [6.07, 6.45) is 0.491. The highest BCUT2D eigenvalue weighted by Gasteiger charge is 2.08. The highest BCUT2D eigenvalue weighted by molar-refractivity contribution is 5.74. The van der Waals surface area contributed by atoms with Crippen LogP contribution >= 0.6 is 0 Å². The molecule has 0 aliphatic heterocycles. The number of hydrogen-bond donors (Lipinski definition) is 3. The number of ether oxygens (including phenoxy) is 1. The highest BCUT2D eigenvalue weighted by atomic mass is 19.1. The Morgan fingerprint density at radius 3 is 2.85 bits per heavy atom. The first-order valence-electron chi connectivity index (χ1n) is 6.63. The fourth-order valence-electron chi connectivity index (χ4n) is 1.65. The normalized spacial score (nSPS) is 11.8. The van der Waals surface area contributed by atoms with Crippen molar-refractivity contribution < 1.29 is 19.0 Å². The van der Waals surface area contributed by atoms with Crippen LogP contribution in [-0.2, 0) is 6.54 Å². The lowest BCUT2D eigenvalue weighted by molar-refractivity contribution is 0.230. The Hall–Kier alpha value is -1.82. The molecule has 6 heteroatoms. The van der Waals surface area contributed by atoms with E-state index in [1.54, 1.807) is 26.0 Å². The minimum Gasteiger partial charge on any atom is -0.491 e. The van der Waals surface area contributed by atoms with Gasteiger partial charge in [0, 0.05) is 19.2 Å². The number of aliphatic hydroxyl groups excluding tert-OH is 1. The second kappa shape index (κ2) is 8.37. The zero-order chi connectivity index (χ0) is 15.0. The van der Waals surface area contributed by atoms with Crippen molar-refractivity contribution in [2.45, 2.75) is 32.9 Å². The van der Waals surface area contributed by atoms with Crippen LogP contribution in [0.4, 0.5) is 9.18 Å². The van der Waals surface area contributed by atoms with E-state index >= 15 is 0 Å². The van der Waals surface area contributed by atoms with Crippen molar-refractivity contribution in [3.05, 3.63) is 29.6 Å². The third-order valence-electron chi connectivity index (χ3n) is 2.69. The van der Waals surface area contributed by atoms with Gasteiger partial charge >= 0.3 is 6.03 Å². The lowest BCUT2D eigenvalue weighted by Crippen LogP contribution is -2.40. The average molecular weight is 284 g/mol. The van der Waals surface area contributed by atoms with Crippen molar-refractivity contribution in [1.82, 2.24) is 10.6 Å². The molecule has 1 atom stereocenters. The largest absolute Gasteiger partial charge is 0.491 e. The third-order valence-corrected chi connectivity index (χ3v) is 2.69. The van der Waals surface area contributed by atoms with Gasteiger partial charge in [-0.05, 0) is 38.0 Å². The van der Waals surface area contributed by atoms with Gasteiger partial charge in [0.1, 0.15) is 0 Å². The first-order chi connectivity index (χ1) is 9.56. The Bertz CT molecular complexity index is 440. The molecule has 1 rings (SSSR count). The van der Waals surface area contributed by atoms with E-state index in [1.165, 1.54) is 6.07 Å².